The van der Waals surface area contributed by atoms with Gasteiger partial charge in [-0.15, -0.1) is 11.3 Å². The quantitative estimate of drug-likeness (QED) is 0.325. The molecule has 0 saturated heterocycles. The Morgan fingerprint density at radius 3 is 2.31 bits per heavy atom. The zero-order valence-electron chi connectivity index (χ0n) is 18.3. The summed E-state index contributed by atoms with van der Waals surface area (Å²) in [5, 5.41) is 2.71. The molecule has 1 amide bonds. The summed E-state index contributed by atoms with van der Waals surface area (Å²) in [5.41, 5.74) is 1.46. The average Bonchev–Trinajstić information content (AvgIpc) is 3.28. The highest BCUT2D eigenvalue weighted by Gasteiger charge is 2.21. The number of hydrogen-bond donors (Lipinski definition) is 2. The molecule has 10 heteroatoms. The highest BCUT2D eigenvalue weighted by molar-refractivity contribution is 7.92. The van der Waals surface area contributed by atoms with Crippen LogP contribution in [0.5, 0.6) is 0 Å². The van der Waals surface area contributed by atoms with Crippen molar-refractivity contribution in [1.82, 2.24) is 0 Å². The SMILES string of the molecule is COC(=O)c1sc(-c2ccccc2)cc1NC(=O)c1cccc(NS(=O)(=O)c2ccc(F)cc2)c1. The molecule has 4 aromatic rings. The fraction of sp³-hybridized carbons (Fsp3) is 0.0400. The van der Waals surface area contributed by atoms with Gasteiger partial charge in [0.2, 0.25) is 0 Å². The highest BCUT2D eigenvalue weighted by atomic mass is 32.2. The van der Waals surface area contributed by atoms with Gasteiger partial charge in [-0.25, -0.2) is 17.6 Å². The Morgan fingerprint density at radius 2 is 1.63 bits per heavy atom. The Morgan fingerprint density at radius 1 is 0.914 bits per heavy atom. The molecule has 3 aromatic carbocycles. The Labute approximate surface area is 205 Å². The molecule has 0 saturated carbocycles. The standard InChI is InChI=1S/C25H19FN2O5S2/c1-33-25(30)23-21(15-22(34-23)16-6-3-2-4-7-16)27-24(29)17-8-5-9-19(14-17)28-35(31,32)20-12-10-18(26)11-13-20/h2-15,28H,1H3,(H,27,29). The van der Waals surface area contributed by atoms with E-state index >= 15 is 0 Å². The number of nitrogens with one attached hydrogen (secondary N) is 2. The van der Waals surface area contributed by atoms with Crippen LogP contribution in [0.15, 0.2) is 89.8 Å². The number of hydrogen-bond acceptors (Lipinski definition) is 6. The number of methoxy groups -OCH3 is 1. The van der Waals surface area contributed by atoms with Crippen molar-refractivity contribution in [2.45, 2.75) is 4.90 Å². The van der Waals surface area contributed by atoms with E-state index < -0.39 is 27.7 Å². The molecule has 0 radical (unpaired) electrons. The van der Waals surface area contributed by atoms with Crippen molar-refractivity contribution < 1.29 is 27.1 Å². The molecule has 0 aliphatic carbocycles. The summed E-state index contributed by atoms with van der Waals surface area (Å²) in [6, 6.07) is 21.3. The van der Waals surface area contributed by atoms with E-state index in [2.05, 4.69) is 10.0 Å². The molecule has 0 unspecified atom stereocenters. The van der Waals surface area contributed by atoms with E-state index in [9.17, 15) is 22.4 Å². The zero-order valence-corrected chi connectivity index (χ0v) is 20.0. The van der Waals surface area contributed by atoms with Gasteiger partial charge in [0.1, 0.15) is 10.7 Å². The summed E-state index contributed by atoms with van der Waals surface area (Å²) < 4.78 is 45.5. The maximum Gasteiger partial charge on any atom is 0.350 e. The van der Waals surface area contributed by atoms with Gasteiger partial charge in [0, 0.05) is 16.1 Å². The van der Waals surface area contributed by atoms with Crippen molar-refractivity contribution in [3.8, 4) is 10.4 Å². The Hall–Kier alpha value is -4.02. The van der Waals surface area contributed by atoms with Crippen molar-refractivity contribution in [2.24, 2.45) is 0 Å². The minimum Gasteiger partial charge on any atom is -0.465 e. The number of sulfonamides is 1. The lowest BCUT2D eigenvalue weighted by atomic mass is 10.1. The molecule has 178 valence electrons. The third kappa shape index (κ3) is 5.56. The van der Waals surface area contributed by atoms with Crippen LogP contribution in [0.25, 0.3) is 10.4 Å². The van der Waals surface area contributed by atoms with Gasteiger partial charge in [0.25, 0.3) is 15.9 Å². The van der Waals surface area contributed by atoms with Gasteiger partial charge in [-0.3, -0.25) is 9.52 Å². The van der Waals surface area contributed by atoms with Crippen LogP contribution in [0.2, 0.25) is 0 Å². The number of anilines is 2. The second-order valence-electron chi connectivity index (χ2n) is 7.31. The molecule has 0 aliphatic heterocycles. The van der Waals surface area contributed by atoms with Crippen LogP contribution in [0.3, 0.4) is 0 Å². The first-order valence-corrected chi connectivity index (χ1v) is 12.5. The molecule has 1 aromatic heterocycles. The molecule has 0 aliphatic rings. The first kappa shape index (κ1) is 24.1. The maximum atomic E-state index is 13.1. The summed E-state index contributed by atoms with van der Waals surface area (Å²) in [4.78, 5) is 26.1. The number of benzene rings is 3. The molecule has 7 nitrogen and oxygen atoms in total. The van der Waals surface area contributed by atoms with E-state index in [0.717, 1.165) is 34.7 Å². The lowest BCUT2D eigenvalue weighted by Gasteiger charge is -2.10. The number of carbonyl (C=O) groups excluding carboxylic acids is 2. The summed E-state index contributed by atoms with van der Waals surface area (Å²) in [6.07, 6.45) is 0. The van der Waals surface area contributed by atoms with Crippen molar-refractivity contribution in [3.63, 3.8) is 0 Å². The Bertz CT molecular complexity index is 1480. The molecule has 0 fully saturated rings. The van der Waals surface area contributed by atoms with Crippen molar-refractivity contribution in [3.05, 3.63) is 101 Å². The van der Waals surface area contributed by atoms with Crippen molar-refractivity contribution in [2.75, 3.05) is 17.1 Å². The van der Waals surface area contributed by atoms with Gasteiger partial charge >= 0.3 is 5.97 Å². The number of halogens is 1. The lowest BCUT2D eigenvalue weighted by Crippen LogP contribution is -2.16. The predicted octanol–water partition coefficient (Wildman–Crippen LogP) is 5.39. The normalized spacial score (nSPS) is 11.0. The van der Waals surface area contributed by atoms with Crippen molar-refractivity contribution >= 4 is 44.6 Å². The number of carbonyl (C=O) groups is 2. The van der Waals surface area contributed by atoms with E-state index in [-0.39, 0.29) is 26.7 Å². The largest absolute Gasteiger partial charge is 0.465 e. The minimum absolute atomic E-state index is 0.122. The summed E-state index contributed by atoms with van der Waals surface area (Å²) in [7, 11) is -2.73. The number of amides is 1. The number of thiophene rings is 1. The first-order chi connectivity index (χ1) is 16.8. The van der Waals surface area contributed by atoms with Crippen LogP contribution in [-0.2, 0) is 14.8 Å². The lowest BCUT2D eigenvalue weighted by molar-refractivity contribution is 0.0607. The number of esters is 1. The highest BCUT2D eigenvalue weighted by Crippen LogP contribution is 2.35. The van der Waals surface area contributed by atoms with Crippen LogP contribution in [0.1, 0.15) is 20.0 Å². The monoisotopic (exact) mass is 510 g/mol. The third-order valence-electron chi connectivity index (χ3n) is 4.91. The summed E-state index contributed by atoms with van der Waals surface area (Å²) in [5.74, 6) is -1.69. The maximum absolute atomic E-state index is 13.1. The molecule has 0 atom stereocenters. The van der Waals surface area contributed by atoms with Crippen LogP contribution in [-0.4, -0.2) is 27.4 Å². The van der Waals surface area contributed by atoms with E-state index in [1.165, 1.54) is 42.7 Å². The van der Waals surface area contributed by atoms with E-state index in [1.807, 2.05) is 30.3 Å². The Balaban J connectivity index is 1.58. The van der Waals surface area contributed by atoms with Crippen molar-refractivity contribution in [1.29, 1.82) is 0 Å². The van der Waals surface area contributed by atoms with Crippen LogP contribution in [0, 0.1) is 5.82 Å². The van der Waals surface area contributed by atoms with Crippen LogP contribution < -0.4 is 10.0 Å². The van der Waals surface area contributed by atoms with E-state index in [0.29, 0.717) is 0 Å². The zero-order chi connectivity index (χ0) is 25.0. The second-order valence-corrected chi connectivity index (χ2v) is 10.0. The second kappa shape index (κ2) is 10.1. The van der Waals surface area contributed by atoms with Gasteiger partial charge < -0.3 is 10.1 Å². The summed E-state index contributed by atoms with van der Waals surface area (Å²) >= 11 is 1.18. The number of ether oxygens (including phenoxy) is 1. The topological polar surface area (TPSA) is 102 Å². The average molecular weight is 511 g/mol. The fourth-order valence-electron chi connectivity index (χ4n) is 3.22. The molecule has 0 bridgehead atoms. The van der Waals surface area contributed by atoms with Gasteiger partial charge in [-0.2, -0.15) is 0 Å². The molecule has 35 heavy (non-hydrogen) atoms. The predicted molar refractivity (Wildman–Crippen MR) is 133 cm³/mol. The van der Waals surface area contributed by atoms with Crippen LogP contribution >= 0.6 is 11.3 Å². The smallest absolute Gasteiger partial charge is 0.350 e. The third-order valence-corrected chi connectivity index (χ3v) is 7.47. The summed E-state index contributed by atoms with van der Waals surface area (Å²) in [6.45, 7) is 0. The van der Waals surface area contributed by atoms with Gasteiger partial charge in [-0.1, -0.05) is 36.4 Å². The molecule has 2 N–H and O–H groups in total. The first-order valence-electron chi connectivity index (χ1n) is 10.2. The Kier molecular flexibility index (Phi) is 6.94. The fourth-order valence-corrected chi connectivity index (χ4v) is 5.31. The molecular weight excluding hydrogens is 491 g/mol. The van der Waals surface area contributed by atoms with Gasteiger partial charge in [-0.05, 0) is 54.1 Å². The molecule has 0 spiro atoms. The number of rotatable bonds is 7. The molecular formula is C25H19FN2O5S2. The minimum atomic E-state index is -3.99. The van der Waals surface area contributed by atoms with Crippen LogP contribution in [0.4, 0.5) is 15.8 Å². The molecule has 1 heterocycles. The van der Waals surface area contributed by atoms with E-state index in [1.54, 1.807) is 6.07 Å². The van der Waals surface area contributed by atoms with Gasteiger partial charge in [0.15, 0.2) is 0 Å². The van der Waals surface area contributed by atoms with E-state index in [4.69, 9.17) is 4.74 Å². The molecule has 4 rings (SSSR count). The van der Waals surface area contributed by atoms with Gasteiger partial charge in [0.05, 0.1) is 17.7 Å².